The molecule has 18 heavy (non-hydrogen) atoms. The summed E-state index contributed by atoms with van der Waals surface area (Å²) in [6.45, 7) is 6.20. The summed E-state index contributed by atoms with van der Waals surface area (Å²) in [7, 11) is 0. The molecule has 2 N–H and O–H groups in total. The van der Waals surface area contributed by atoms with Crippen LogP contribution in [-0.4, -0.2) is 19.0 Å². The Bertz CT molecular complexity index is 377. The third-order valence-electron chi connectivity index (χ3n) is 2.53. The van der Waals surface area contributed by atoms with Crippen molar-refractivity contribution in [2.24, 2.45) is 4.99 Å². The third-order valence-corrected chi connectivity index (χ3v) is 2.53. The van der Waals surface area contributed by atoms with Crippen molar-refractivity contribution >= 4 is 5.96 Å². The summed E-state index contributed by atoms with van der Waals surface area (Å²) in [5.74, 6) is 0.542. The summed E-state index contributed by atoms with van der Waals surface area (Å²) >= 11 is 0. The molecule has 0 aromatic heterocycles. The normalized spacial score (nSPS) is 11.4. The molecule has 0 heterocycles. The predicted octanol–water partition coefficient (Wildman–Crippen LogP) is 2.68. The van der Waals surface area contributed by atoms with E-state index in [9.17, 15) is 4.39 Å². The molecule has 0 bridgehead atoms. The minimum absolute atomic E-state index is 0.203. The van der Waals surface area contributed by atoms with E-state index in [2.05, 4.69) is 22.5 Å². The predicted molar refractivity (Wildman–Crippen MR) is 74.1 cm³/mol. The topological polar surface area (TPSA) is 36.4 Å². The van der Waals surface area contributed by atoms with Crippen molar-refractivity contribution in [2.45, 2.75) is 33.2 Å². The maximum atomic E-state index is 13.4. The zero-order chi connectivity index (χ0) is 13.2. The van der Waals surface area contributed by atoms with Crippen LogP contribution in [0.5, 0.6) is 0 Å². The lowest BCUT2D eigenvalue weighted by molar-refractivity contribution is 0.610. The number of hydrogen-bond acceptors (Lipinski definition) is 1. The van der Waals surface area contributed by atoms with Gasteiger partial charge in [0.2, 0.25) is 0 Å². The van der Waals surface area contributed by atoms with Crippen molar-refractivity contribution in [3.8, 4) is 0 Å². The van der Waals surface area contributed by atoms with Gasteiger partial charge >= 0.3 is 0 Å². The molecule has 0 radical (unpaired) electrons. The Kier molecular flexibility index (Phi) is 6.84. The quantitative estimate of drug-likeness (QED) is 0.463. The first-order chi connectivity index (χ1) is 8.77. The maximum Gasteiger partial charge on any atom is 0.191 e. The van der Waals surface area contributed by atoms with Gasteiger partial charge in [0.05, 0.1) is 6.54 Å². The van der Waals surface area contributed by atoms with E-state index in [4.69, 9.17) is 0 Å². The highest BCUT2D eigenvalue weighted by atomic mass is 19.1. The smallest absolute Gasteiger partial charge is 0.191 e. The van der Waals surface area contributed by atoms with Gasteiger partial charge in [-0.1, -0.05) is 31.5 Å². The molecule has 1 aromatic carbocycles. The first kappa shape index (κ1) is 14.5. The lowest BCUT2D eigenvalue weighted by atomic mass is 10.2. The van der Waals surface area contributed by atoms with E-state index in [0.717, 1.165) is 31.9 Å². The zero-order valence-electron chi connectivity index (χ0n) is 11.2. The van der Waals surface area contributed by atoms with E-state index < -0.39 is 0 Å². The maximum absolute atomic E-state index is 13.4. The van der Waals surface area contributed by atoms with Crippen molar-refractivity contribution in [2.75, 3.05) is 13.1 Å². The molecule has 1 rings (SSSR count). The molecule has 100 valence electrons. The Labute approximate surface area is 109 Å². The zero-order valence-corrected chi connectivity index (χ0v) is 11.2. The van der Waals surface area contributed by atoms with Gasteiger partial charge in [-0.15, -0.1) is 0 Å². The fourth-order valence-corrected chi connectivity index (χ4v) is 1.52. The summed E-state index contributed by atoms with van der Waals surface area (Å²) in [4.78, 5) is 4.37. The van der Waals surface area contributed by atoms with Gasteiger partial charge in [-0.25, -0.2) is 9.38 Å². The van der Waals surface area contributed by atoms with Crippen LogP contribution in [0.15, 0.2) is 29.3 Å². The monoisotopic (exact) mass is 251 g/mol. The summed E-state index contributed by atoms with van der Waals surface area (Å²) in [5.41, 5.74) is 0.616. The van der Waals surface area contributed by atoms with Crippen LogP contribution in [0, 0.1) is 5.82 Å². The SMILES string of the molecule is CCCCNC(=NCc1ccccc1F)NCC. The number of benzene rings is 1. The molecular formula is C14H22FN3. The van der Waals surface area contributed by atoms with Gasteiger partial charge in [0.25, 0.3) is 0 Å². The van der Waals surface area contributed by atoms with Gasteiger partial charge in [0, 0.05) is 18.7 Å². The summed E-state index contributed by atoms with van der Waals surface area (Å²) in [6.07, 6.45) is 2.24. The number of hydrogen-bond donors (Lipinski definition) is 2. The fourth-order valence-electron chi connectivity index (χ4n) is 1.52. The van der Waals surface area contributed by atoms with Crippen LogP contribution in [-0.2, 0) is 6.54 Å². The summed E-state index contributed by atoms with van der Waals surface area (Å²) in [5, 5.41) is 6.38. The molecule has 0 aliphatic carbocycles. The van der Waals surface area contributed by atoms with Crippen LogP contribution in [0.3, 0.4) is 0 Å². The highest BCUT2D eigenvalue weighted by molar-refractivity contribution is 5.79. The summed E-state index contributed by atoms with van der Waals surface area (Å²) in [6, 6.07) is 6.73. The highest BCUT2D eigenvalue weighted by Crippen LogP contribution is 2.07. The number of nitrogens with one attached hydrogen (secondary N) is 2. The molecule has 0 amide bonds. The van der Waals surface area contributed by atoms with Gasteiger partial charge in [-0.3, -0.25) is 0 Å². The molecule has 0 spiro atoms. The molecule has 0 aliphatic rings. The molecule has 0 atom stereocenters. The molecule has 1 aromatic rings. The third kappa shape index (κ3) is 5.17. The van der Waals surface area contributed by atoms with Crippen molar-refractivity contribution in [3.05, 3.63) is 35.6 Å². The van der Waals surface area contributed by atoms with Crippen LogP contribution in [0.25, 0.3) is 0 Å². The molecule has 4 heteroatoms. The minimum Gasteiger partial charge on any atom is -0.357 e. The van der Waals surface area contributed by atoms with Crippen LogP contribution in [0.2, 0.25) is 0 Å². The van der Waals surface area contributed by atoms with E-state index in [1.54, 1.807) is 12.1 Å². The summed E-state index contributed by atoms with van der Waals surface area (Å²) < 4.78 is 13.4. The van der Waals surface area contributed by atoms with Crippen LogP contribution in [0.1, 0.15) is 32.3 Å². The Balaban J connectivity index is 2.56. The van der Waals surface area contributed by atoms with Gasteiger partial charge in [0.1, 0.15) is 5.82 Å². The van der Waals surface area contributed by atoms with E-state index in [1.165, 1.54) is 6.07 Å². The lowest BCUT2D eigenvalue weighted by Crippen LogP contribution is -2.37. The van der Waals surface area contributed by atoms with Gasteiger partial charge in [0.15, 0.2) is 5.96 Å². The first-order valence-electron chi connectivity index (χ1n) is 6.53. The van der Waals surface area contributed by atoms with E-state index in [1.807, 2.05) is 13.0 Å². The van der Waals surface area contributed by atoms with Crippen molar-refractivity contribution in [1.29, 1.82) is 0 Å². The van der Waals surface area contributed by atoms with Crippen LogP contribution >= 0.6 is 0 Å². The average molecular weight is 251 g/mol. The molecule has 3 nitrogen and oxygen atoms in total. The van der Waals surface area contributed by atoms with Crippen molar-refractivity contribution < 1.29 is 4.39 Å². The highest BCUT2D eigenvalue weighted by Gasteiger charge is 2.00. The van der Waals surface area contributed by atoms with E-state index >= 15 is 0 Å². The number of unbranched alkanes of at least 4 members (excludes halogenated alkanes) is 1. The van der Waals surface area contributed by atoms with Gasteiger partial charge in [-0.05, 0) is 19.4 Å². The Morgan fingerprint density at radius 2 is 2.00 bits per heavy atom. The van der Waals surface area contributed by atoms with Gasteiger partial charge in [-0.2, -0.15) is 0 Å². The second kappa shape index (κ2) is 8.50. The standard InChI is InChI=1S/C14H22FN3/c1-3-5-10-17-14(16-4-2)18-11-12-8-6-7-9-13(12)15/h6-9H,3-5,10-11H2,1-2H3,(H2,16,17,18). The molecule has 0 saturated heterocycles. The molecule has 0 unspecified atom stereocenters. The first-order valence-corrected chi connectivity index (χ1v) is 6.53. The second-order valence-electron chi connectivity index (χ2n) is 4.07. The Hall–Kier alpha value is -1.58. The number of aliphatic imine (C=N–C) groups is 1. The van der Waals surface area contributed by atoms with Gasteiger partial charge < -0.3 is 10.6 Å². The minimum atomic E-state index is -0.203. The Morgan fingerprint density at radius 1 is 1.22 bits per heavy atom. The van der Waals surface area contributed by atoms with Crippen molar-refractivity contribution in [3.63, 3.8) is 0 Å². The molecular weight excluding hydrogens is 229 g/mol. The molecule has 0 saturated carbocycles. The molecule has 0 aliphatic heterocycles. The van der Waals surface area contributed by atoms with Crippen LogP contribution < -0.4 is 10.6 Å². The largest absolute Gasteiger partial charge is 0.357 e. The Morgan fingerprint density at radius 3 is 2.67 bits per heavy atom. The lowest BCUT2D eigenvalue weighted by Gasteiger charge is -2.10. The second-order valence-corrected chi connectivity index (χ2v) is 4.07. The number of halogens is 1. The number of rotatable bonds is 6. The van der Waals surface area contributed by atoms with Crippen molar-refractivity contribution in [1.82, 2.24) is 10.6 Å². The van der Waals surface area contributed by atoms with E-state index in [-0.39, 0.29) is 5.82 Å². The van der Waals surface area contributed by atoms with Crippen LogP contribution in [0.4, 0.5) is 4.39 Å². The fraction of sp³-hybridized carbons (Fsp3) is 0.500. The molecule has 0 fully saturated rings. The number of guanidine groups is 1. The number of nitrogens with zero attached hydrogens (tertiary/aromatic N) is 1. The van der Waals surface area contributed by atoms with E-state index in [0.29, 0.717) is 12.1 Å². The average Bonchev–Trinajstić information content (AvgIpc) is 2.38.